The molecule has 24 heavy (non-hydrogen) atoms. The minimum atomic E-state index is -0.100. The normalized spacial score (nSPS) is 10.5. The first kappa shape index (κ1) is 17.4. The number of methoxy groups -OCH3 is 3. The van der Waals surface area contributed by atoms with Crippen LogP contribution in [0.1, 0.15) is 15.9 Å². The van der Waals surface area contributed by atoms with Crippen LogP contribution in [-0.4, -0.2) is 34.2 Å². The first-order chi connectivity index (χ1) is 11.7. The Balaban J connectivity index is 2.36. The summed E-state index contributed by atoms with van der Waals surface area (Å²) in [5.41, 5.74) is 2.12. The predicted molar refractivity (Wildman–Crippen MR) is 95.5 cm³/mol. The third-order valence-corrected chi connectivity index (χ3v) is 3.61. The Morgan fingerprint density at radius 2 is 1.67 bits per heavy atom. The molecule has 1 N–H and O–H groups in total. The summed E-state index contributed by atoms with van der Waals surface area (Å²) in [5.74, 6) is 1.48. The highest BCUT2D eigenvalue weighted by atomic mass is 16.5. The molecule has 2 rings (SSSR count). The van der Waals surface area contributed by atoms with Crippen LogP contribution in [0.15, 0.2) is 42.5 Å². The molecule has 2 aromatic carbocycles. The highest BCUT2D eigenvalue weighted by Gasteiger charge is 2.14. The van der Waals surface area contributed by atoms with Crippen molar-refractivity contribution in [3.05, 3.63) is 53.6 Å². The van der Waals surface area contributed by atoms with E-state index >= 15 is 0 Å². The Bertz CT molecular complexity index is 753. The zero-order valence-corrected chi connectivity index (χ0v) is 14.3. The second-order valence-corrected chi connectivity index (χ2v) is 4.92. The molecule has 0 amide bonds. The maximum Gasteiger partial charge on any atom is 0.203 e. The number of carbonyl (C=O) groups excluding carboxylic acids is 1. The van der Waals surface area contributed by atoms with E-state index in [-0.39, 0.29) is 5.78 Å². The molecule has 0 saturated carbocycles. The van der Waals surface area contributed by atoms with Gasteiger partial charge in [-0.05, 0) is 36.4 Å². The van der Waals surface area contributed by atoms with Gasteiger partial charge in [0.15, 0.2) is 17.3 Å². The van der Waals surface area contributed by atoms with Crippen molar-refractivity contribution in [2.75, 3.05) is 33.7 Å². The van der Waals surface area contributed by atoms with E-state index in [9.17, 15) is 4.79 Å². The summed E-state index contributed by atoms with van der Waals surface area (Å²) in [4.78, 5) is 12.5. The minimum Gasteiger partial charge on any atom is -0.493 e. The molecule has 0 bridgehead atoms. The summed E-state index contributed by atoms with van der Waals surface area (Å²) in [6, 6.07) is 10.9. The second-order valence-electron chi connectivity index (χ2n) is 4.92. The van der Waals surface area contributed by atoms with Crippen molar-refractivity contribution in [1.82, 2.24) is 0 Å². The summed E-state index contributed by atoms with van der Waals surface area (Å²) >= 11 is 0. The minimum absolute atomic E-state index is 0.100. The number of ether oxygens (including phenoxy) is 3. The Morgan fingerprint density at radius 3 is 2.29 bits per heavy atom. The van der Waals surface area contributed by atoms with Crippen LogP contribution in [0.2, 0.25) is 0 Å². The van der Waals surface area contributed by atoms with E-state index in [1.54, 1.807) is 46.6 Å². The van der Waals surface area contributed by atoms with E-state index < -0.39 is 0 Å². The fourth-order valence-corrected chi connectivity index (χ4v) is 2.43. The van der Waals surface area contributed by atoms with Gasteiger partial charge in [0.25, 0.3) is 0 Å². The van der Waals surface area contributed by atoms with Crippen LogP contribution in [0.3, 0.4) is 0 Å². The fraction of sp³-hybridized carbons (Fsp3) is 0.211. The van der Waals surface area contributed by atoms with Crippen LogP contribution in [-0.2, 0) is 0 Å². The van der Waals surface area contributed by atoms with Gasteiger partial charge in [0.05, 0.1) is 21.3 Å². The molecule has 0 heterocycles. The lowest BCUT2D eigenvalue weighted by molar-refractivity contribution is 0.104. The van der Waals surface area contributed by atoms with E-state index in [0.29, 0.717) is 22.8 Å². The molecule has 0 fully saturated rings. The molecule has 126 valence electrons. The molecular formula is C19H21NO4. The molecule has 0 spiro atoms. The molecule has 0 aliphatic heterocycles. The van der Waals surface area contributed by atoms with Crippen molar-refractivity contribution in [3.8, 4) is 17.2 Å². The van der Waals surface area contributed by atoms with Crippen molar-refractivity contribution < 1.29 is 19.0 Å². The lowest BCUT2D eigenvalue weighted by Crippen LogP contribution is -2.01. The molecule has 2 aromatic rings. The number of benzene rings is 2. The van der Waals surface area contributed by atoms with Gasteiger partial charge < -0.3 is 19.5 Å². The molecule has 0 radical (unpaired) electrons. The number of nitrogens with one attached hydrogen (secondary N) is 1. The molecule has 0 saturated heterocycles. The number of carbonyl (C=O) groups is 1. The lowest BCUT2D eigenvalue weighted by atomic mass is 10.1. The van der Waals surface area contributed by atoms with Crippen LogP contribution in [0.25, 0.3) is 6.08 Å². The summed E-state index contributed by atoms with van der Waals surface area (Å²) in [5, 5.41) is 3.01. The van der Waals surface area contributed by atoms with Gasteiger partial charge >= 0.3 is 0 Å². The molecule has 0 atom stereocenters. The maximum atomic E-state index is 12.5. The van der Waals surface area contributed by atoms with Gasteiger partial charge in [-0.2, -0.15) is 0 Å². The van der Waals surface area contributed by atoms with E-state index in [4.69, 9.17) is 14.2 Å². The number of para-hydroxylation sites is 1. The number of hydrogen-bond donors (Lipinski definition) is 1. The van der Waals surface area contributed by atoms with E-state index in [2.05, 4.69) is 5.32 Å². The third kappa shape index (κ3) is 3.51. The van der Waals surface area contributed by atoms with Crippen molar-refractivity contribution in [1.29, 1.82) is 0 Å². The van der Waals surface area contributed by atoms with Crippen molar-refractivity contribution in [2.45, 2.75) is 0 Å². The lowest BCUT2D eigenvalue weighted by Gasteiger charge is -2.14. The van der Waals surface area contributed by atoms with Gasteiger partial charge in [-0.15, -0.1) is 0 Å². The standard InChI is InChI=1S/C19H21NO4/c1-20-15-8-6-5-7-14(15)16(21)11-9-13-10-12-17(22-2)19(24-4)18(13)23-3/h5-12,20H,1-4H3/b11-9+. The molecule has 0 unspecified atom stereocenters. The van der Waals surface area contributed by atoms with Crippen molar-refractivity contribution in [3.63, 3.8) is 0 Å². The largest absolute Gasteiger partial charge is 0.493 e. The number of ketones is 1. The molecule has 0 aliphatic carbocycles. The van der Waals surface area contributed by atoms with Gasteiger partial charge in [-0.3, -0.25) is 4.79 Å². The highest BCUT2D eigenvalue weighted by molar-refractivity contribution is 6.10. The topological polar surface area (TPSA) is 56.8 Å². The maximum absolute atomic E-state index is 12.5. The monoisotopic (exact) mass is 327 g/mol. The Hall–Kier alpha value is -2.95. The smallest absolute Gasteiger partial charge is 0.203 e. The zero-order valence-electron chi connectivity index (χ0n) is 14.3. The molecular weight excluding hydrogens is 306 g/mol. The van der Waals surface area contributed by atoms with Crippen molar-refractivity contribution >= 4 is 17.5 Å². The Morgan fingerprint density at radius 1 is 0.958 bits per heavy atom. The number of hydrogen-bond acceptors (Lipinski definition) is 5. The number of anilines is 1. The van der Waals surface area contributed by atoms with Crippen LogP contribution in [0, 0.1) is 0 Å². The van der Waals surface area contributed by atoms with Gasteiger partial charge in [-0.25, -0.2) is 0 Å². The van der Waals surface area contributed by atoms with E-state index in [1.807, 2.05) is 24.3 Å². The van der Waals surface area contributed by atoms with E-state index in [1.165, 1.54) is 6.08 Å². The molecule has 0 aromatic heterocycles. The molecule has 0 aliphatic rings. The molecule has 5 nitrogen and oxygen atoms in total. The quantitative estimate of drug-likeness (QED) is 0.621. The predicted octanol–water partition coefficient (Wildman–Crippen LogP) is 3.65. The Labute approximate surface area is 141 Å². The van der Waals surface area contributed by atoms with Gasteiger partial charge in [0, 0.05) is 23.9 Å². The average molecular weight is 327 g/mol. The third-order valence-electron chi connectivity index (χ3n) is 3.61. The Kier molecular flexibility index (Phi) is 5.84. The number of allylic oxidation sites excluding steroid dienone is 1. The average Bonchev–Trinajstić information content (AvgIpc) is 2.64. The van der Waals surface area contributed by atoms with E-state index in [0.717, 1.165) is 11.3 Å². The van der Waals surface area contributed by atoms with Gasteiger partial charge in [0.2, 0.25) is 5.75 Å². The van der Waals surface area contributed by atoms with Crippen LogP contribution in [0.5, 0.6) is 17.2 Å². The first-order valence-electron chi connectivity index (χ1n) is 7.44. The summed E-state index contributed by atoms with van der Waals surface area (Å²) in [6.07, 6.45) is 3.22. The number of rotatable bonds is 7. The van der Waals surface area contributed by atoms with Crippen LogP contribution >= 0.6 is 0 Å². The zero-order chi connectivity index (χ0) is 17.5. The van der Waals surface area contributed by atoms with Crippen molar-refractivity contribution in [2.24, 2.45) is 0 Å². The molecule has 5 heteroatoms. The summed E-state index contributed by atoms with van der Waals surface area (Å²) in [7, 11) is 6.44. The van der Waals surface area contributed by atoms with Crippen LogP contribution < -0.4 is 19.5 Å². The van der Waals surface area contributed by atoms with Gasteiger partial charge in [0.1, 0.15) is 0 Å². The van der Waals surface area contributed by atoms with Crippen LogP contribution in [0.4, 0.5) is 5.69 Å². The fourth-order valence-electron chi connectivity index (χ4n) is 2.43. The van der Waals surface area contributed by atoms with Gasteiger partial charge in [-0.1, -0.05) is 12.1 Å². The summed E-state index contributed by atoms with van der Waals surface area (Å²) < 4.78 is 16.0. The summed E-state index contributed by atoms with van der Waals surface area (Å²) in [6.45, 7) is 0. The SMILES string of the molecule is CNc1ccccc1C(=O)/C=C/c1ccc(OC)c(OC)c1OC. The second kappa shape index (κ2) is 8.06. The highest BCUT2D eigenvalue weighted by Crippen LogP contribution is 2.40. The first-order valence-corrected chi connectivity index (χ1v) is 7.44.